The molecule has 2 rings (SSSR count). The Balaban J connectivity index is 1.88. The highest BCUT2D eigenvalue weighted by atomic mass is 16.7. The van der Waals surface area contributed by atoms with Crippen molar-refractivity contribution in [3.63, 3.8) is 0 Å². The highest BCUT2D eigenvalue weighted by molar-refractivity contribution is 5.69. The Kier molecular flexibility index (Phi) is 4.29. The van der Waals surface area contributed by atoms with E-state index in [4.69, 9.17) is 14.2 Å². The highest BCUT2D eigenvalue weighted by Gasteiger charge is 2.47. The molecule has 2 heterocycles. The molecule has 126 valence electrons. The van der Waals surface area contributed by atoms with E-state index in [0.29, 0.717) is 18.9 Å². The third-order valence-electron chi connectivity index (χ3n) is 3.91. The average Bonchev–Trinajstić information content (AvgIpc) is 2.79. The zero-order valence-electron chi connectivity index (χ0n) is 14.1. The smallest absolute Gasteiger partial charge is 0.412 e. The summed E-state index contributed by atoms with van der Waals surface area (Å²) in [6.45, 7) is 11.7. The molecule has 7 heteroatoms. The van der Waals surface area contributed by atoms with E-state index in [-0.39, 0.29) is 6.10 Å². The van der Waals surface area contributed by atoms with Gasteiger partial charge in [-0.3, -0.25) is 0 Å². The van der Waals surface area contributed by atoms with Crippen molar-refractivity contribution in [2.45, 2.75) is 64.5 Å². The molecule has 0 saturated carbocycles. The molecule has 22 heavy (non-hydrogen) atoms. The molecule has 0 aromatic heterocycles. The number of ether oxygens (including phenoxy) is 3. The van der Waals surface area contributed by atoms with E-state index in [9.17, 15) is 10.0 Å². The Labute approximate surface area is 131 Å². The van der Waals surface area contributed by atoms with Crippen LogP contribution in [0, 0.1) is 0 Å². The van der Waals surface area contributed by atoms with Crippen LogP contribution >= 0.6 is 0 Å². The molecular formula is C15H26N2O5. The summed E-state index contributed by atoms with van der Waals surface area (Å²) in [4.78, 5) is 12.0. The summed E-state index contributed by atoms with van der Waals surface area (Å²) in [5.74, 6) is -0.199. The molecule has 0 aromatic rings. The molecule has 0 aliphatic carbocycles. The molecule has 7 nitrogen and oxygen atoms in total. The summed E-state index contributed by atoms with van der Waals surface area (Å²) in [6.07, 6.45) is 0.975. The maximum absolute atomic E-state index is 12.0. The second kappa shape index (κ2) is 5.49. The van der Waals surface area contributed by atoms with Gasteiger partial charge in [0.05, 0.1) is 17.7 Å². The van der Waals surface area contributed by atoms with Crippen LogP contribution in [0.2, 0.25) is 0 Å². The van der Waals surface area contributed by atoms with Crippen molar-refractivity contribution in [2.24, 2.45) is 0 Å². The van der Waals surface area contributed by atoms with Gasteiger partial charge in [0.1, 0.15) is 11.9 Å². The fourth-order valence-corrected chi connectivity index (χ4v) is 2.73. The monoisotopic (exact) mass is 314 g/mol. The number of hydrogen-bond acceptors (Lipinski definition) is 6. The van der Waals surface area contributed by atoms with Crippen LogP contribution in [-0.4, -0.2) is 52.5 Å². The lowest BCUT2D eigenvalue weighted by atomic mass is 10.1. The Morgan fingerprint density at radius 2 is 2.05 bits per heavy atom. The lowest BCUT2D eigenvalue weighted by molar-refractivity contribution is -0.190. The Hall–Kier alpha value is -1.15. The van der Waals surface area contributed by atoms with Gasteiger partial charge in [-0.2, -0.15) is 5.06 Å². The number of hydrogen-bond donors (Lipinski definition) is 2. The first kappa shape index (κ1) is 17.2. The first-order valence-corrected chi connectivity index (χ1v) is 7.44. The van der Waals surface area contributed by atoms with Gasteiger partial charge in [-0.25, -0.2) is 4.79 Å². The third-order valence-corrected chi connectivity index (χ3v) is 3.91. The molecular weight excluding hydrogens is 288 g/mol. The fourth-order valence-electron chi connectivity index (χ4n) is 2.73. The highest BCUT2D eigenvalue weighted by Crippen LogP contribution is 2.38. The van der Waals surface area contributed by atoms with Gasteiger partial charge in [0.2, 0.25) is 0 Å². The van der Waals surface area contributed by atoms with Gasteiger partial charge in [-0.15, -0.1) is 0 Å². The van der Waals surface area contributed by atoms with E-state index in [0.717, 1.165) is 0 Å². The predicted molar refractivity (Wildman–Crippen MR) is 79.3 cm³/mol. The molecule has 0 aromatic carbocycles. The van der Waals surface area contributed by atoms with Crippen LogP contribution in [0.3, 0.4) is 0 Å². The largest absolute Gasteiger partial charge is 0.413 e. The molecule has 2 aliphatic rings. The van der Waals surface area contributed by atoms with Gasteiger partial charge < -0.3 is 24.7 Å². The van der Waals surface area contributed by atoms with E-state index in [2.05, 4.69) is 5.32 Å². The van der Waals surface area contributed by atoms with Gasteiger partial charge >= 0.3 is 6.09 Å². The fraction of sp³-hybridized carbons (Fsp3) is 0.800. The molecule has 1 amide bonds. The van der Waals surface area contributed by atoms with Gasteiger partial charge in [-0.1, -0.05) is 0 Å². The molecule has 2 N–H and O–H groups in total. The molecule has 0 spiro atoms. The van der Waals surface area contributed by atoms with Crippen LogP contribution in [0.1, 0.15) is 41.5 Å². The van der Waals surface area contributed by atoms with Gasteiger partial charge in [-0.05, 0) is 47.6 Å². The zero-order chi connectivity index (χ0) is 16.8. The SMILES string of the molecule is CC1(C)OCC(CNC(=O)OC2=CC(C)(C)N(O)C2(C)C)O1. The minimum Gasteiger partial charge on any atom is -0.413 e. The zero-order valence-corrected chi connectivity index (χ0v) is 14.1. The molecule has 1 atom stereocenters. The Morgan fingerprint density at radius 3 is 2.50 bits per heavy atom. The van der Waals surface area contributed by atoms with E-state index >= 15 is 0 Å². The van der Waals surface area contributed by atoms with Crippen LogP contribution in [0.25, 0.3) is 0 Å². The number of carbonyl (C=O) groups excluding carboxylic acids is 1. The quantitative estimate of drug-likeness (QED) is 0.829. The van der Waals surface area contributed by atoms with Crippen molar-refractivity contribution < 1.29 is 24.2 Å². The van der Waals surface area contributed by atoms with Gasteiger partial charge in [0.25, 0.3) is 0 Å². The van der Waals surface area contributed by atoms with Crippen molar-refractivity contribution in [1.82, 2.24) is 10.4 Å². The molecule has 0 radical (unpaired) electrons. The maximum atomic E-state index is 12.0. The molecule has 1 unspecified atom stereocenters. The standard InChI is InChI=1S/C15H26N2O5/c1-13(2)7-11(14(3,4)17(13)19)21-12(18)16-8-10-9-20-15(5,6)22-10/h7,10,19H,8-9H2,1-6H3,(H,16,18). The van der Waals surface area contributed by atoms with Crippen molar-refractivity contribution >= 4 is 6.09 Å². The van der Waals surface area contributed by atoms with Crippen LogP contribution < -0.4 is 5.32 Å². The Morgan fingerprint density at radius 1 is 1.41 bits per heavy atom. The van der Waals surface area contributed by atoms with Crippen LogP contribution in [0.5, 0.6) is 0 Å². The second-order valence-electron chi connectivity index (χ2n) is 7.25. The number of nitrogens with one attached hydrogen (secondary N) is 1. The summed E-state index contributed by atoms with van der Waals surface area (Å²) in [7, 11) is 0. The molecule has 2 aliphatic heterocycles. The topological polar surface area (TPSA) is 80.3 Å². The summed E-state index contributed by atoms with van der Waals surface area (Å²) in [6, 6.07) is 0. The van der Waals surface area contributed by atoms with Crippen molar-refractivity contribution in [2.75, 3.05) is 13.2 Å². The number of amides is 1. The maximum Gasteiger partial charge on any atom is 0.412 e. The molecule has 0 bridgehead atoms. The van der Waals surface area contributed by atoms with E-state index in [1.54, 1.807) is 19.9 Å². The van der Waals surface area contributed by atoms with Crippen LogP contribution in [0.15, 0.2) is 11.8 Å². The summed E-state index contributed by atoms with van der Waals surface area (Å²) in [5, 5.41) is 14.0. The van der Waals surface area contributed by atoms with Crippen LogP contribution in [0.4, 0.5) is 4.79 Å². The Bertz CT molecular complexity index is 484. The second-order valence-corrected chi connectivity index (χ2v) is 7.25. The normalized spacial score (nSPS) is 29.2. The van der Waals surface area contributed by atoms with Gasteiger partial charge in [0, 0.05) is 6.54 Å². The van der Waals surface area contributed by atoms with E-state index in [1.165, 1.54) is 5.06 Å². The van der Waals surface area contributed by atoms with Crippen LogP contribution in [-0.2, 0) is 14.2 Å². The molecule has 1 saturated heterocycles. The lowest BCUT2D eigenvalue weighted by Crippen LogP contribution is -2.48. The third kappa shape index (κ3) is 3.43. The summed E-state index contributed by atoms with van der Waals surface area (Å²) in [5.41, 5.74) is -1.36. The summed E-state index contributed by atoms with van der Waals surface area (Å²) < 4.78 is 16.4. The lowest BCUT2D eigenvalue weighted by Gasteiger charge is -2.35. The van der Waals surface area contributed by atoms with Crippen molar-refractivity contribution in [3.05, 3.63) is 11.8 Å². The predicted octanol–water partition coefficient (Wildman–Crippen LogP) is 2.01. The minimum atomic E-state index is -0.768. The number of alkyl carbamates (subject to hydrolysis) is 1. The van der Waals surface area contributed by atoms with E-state index < -0.39 is 23.0 Å². The van der Waals surface area contributed by atoms with Gasteiger partial charge in [0.15, 0.2) is 5.79 Å². The number of nitrogens with zero attached hydrogens (tertiary/aromatic N) is 1. The van der Waals surface area contributed by atoms with Crippen molar-refractivity contribution in [3.8, 4) is 0 Å². The van der Waals surface area contributed by atoms with Crippen molar-refractivity contribution in [1.29, 1.82) is 0 Å². The average molecular weight is 314 g/mol. The number of hydroxylamine groups is 2. The number of carbonyl (C=O) groups is 1. The van der Waals surface area contributed by atoms with E-state index in [1.807, 2.05) is 27.7 Å². The molecule has 1 fully saturated rings. The number of rotatable bonds is 3. The summed E-state index contributed by atoms with van der Waals surface area (Å²) >= 11 is 0. The first-order valence-electron chi connectivity index (χ1n) is 7.44. The minimum absolute atomic E-state index is 0.195. The first-order chi connectivity index (χ1) is 9.94.